The number of carbonyl (C=O) groups is 1. The summed E-state index contributed by atoms with van der Waals surface area (Å²) in [5, 5.41) is 4.00. The van der Waals surface area contributed by atoms with Gasteiger partial charge in [0.05, 0.1) is 18.0 Å². The van der Waals surface area contributed by atoms with Crippen LogP contribution in [0.25, 0.3) is 0 Å². The minimum absolute atomic E-state index is 0.219. The van der Waals surface area contributed by atoms with E-state index < -0.39 is 0 Å². The Bertz CT molecular complexity index is 603. The Morgan fingerprint density at radius 2 is 2.04 bits per heavy atom. The van der Waals surface area contributed by atoms with Gasteiger partial charge in [-0.1, -0.05) is 25.5 Å². The first kappa shape index (κ1) is 20.3. The summed E-state index contributed by atoms with van der Waals surface area (Å²) in [4.78, 5) is 15.9. The second kappa shape index (κ2) is 10.2. The third-order valence-corrected chi connectivity index (χ3v) is 4.98. The Balaban J connectivity index is 1.99. The van der Waals surface area contributed by atoms with Gasteiger partial charge in [-0.05, 0) is 50.5 Å². The molecule has 0 bridgehead atoms. The van der Waals surface area contributed by atoms with Crippen LogP contribution < -0.4 is 11.1 Å². The van der Waals surface area contributed by atoms with Gasteiger partial charge < -0.3 is 25.6 Å². The predicted octanol–water partition coefficient (Wildman–Crippen LogP) is 3.69. The Labute approximate surface area is 161 Å². The first-order valence-electron chi connectivity index (χ1n) is 9.40. The van der Waals surface area contributed by atoms with Gasteiger partial charge in [0.15, 0.2) is 5.11 Å². The van der Waals surface area contributed by atoms with Crippen molar-refractivity contribution < 1.29 is 9.53 Å². The summed E-state index contributed by atoms with van der Waals surface area (Å²) in [5.74, 6) is 0. The highest BCUT2D eigenvalue weighted by Crippen LogP contribution is 2.22. The molecule has 1 amide bonds. The van der Waals surface area contributed by atoms with Crippen LogP contribution in [0.3, 0.4) is 0 Å². The number of ether oxygens (including phenoxy) is 1. The van der Waals surface area contributed by atoms with Crippen LogP contribution in [0.1, 0.15) is 39.5 Å². The molecule has 2 rings (SSSR count). The summed E-state index contributed by atoms with van der Waals surface area (Å²) in [6.45, 7) is 6.71. The number of likely N-dealkylation sites (tertiary alicyclic amines) is 1. The molecule has 1 aromatic rings. The number of hydrogen-bond donors (Lipinski definition) is 2. The minimum atomic E-state index is -0.219. The fourth-order valence-corrected chi connectivity index (χ4v) is 3.50. The summed E-state index contributed by atoms with van der Waals surface area (Å²) in [6, 6.07) is 7.96. The van der Waals surface area contributed by atoms with Gasteiger partial charge in [-0.3, -0.25) is 0 Å². The highest BCUT2D eigenvalue weighted by Gasteiger charge is 2.28. The number of para-hydroxylation sites is 2. The molecule has 1 aromatic carbocycles. The van der Waals surface area contributed by atoms with Crippen LogP contribution in [-0.2, 0) is 4.74 Å². The van der Waals surface area contributed by atoms with E-state index in [1.807, 2.05) is 31.2 Å². The van der Waals surface area contributed by atoms with Crippen LogP contribution in [0.5, 0.6) is 0 Å². The summed E-state index contributed by atoms with van der Waals surface area (Å²) in [6.07, 6.45) is 3.73. The number of unbranched alkanes of at least 4 members (excludes halogenated alkanes) is 1. The molecule has 1 fully saturated rings. The zero-order valence-corrected chi connectivity index (χ0v) is 16.6. The largest absolute Gasteiger partial charge is 0.450 e. The van der Waals surface area contributed by atoms with E-state index in [-0.39, 0.29) is 6.09 Å². The molecule has 0 spiro atoms. The lowest BCUT2D eigenvalue weighted by Gasteiger charge is -2.39. The standard InChI is InChI=1S/C19H30N4O2S/c1-3-5-12-23(18(26)21-17-9-7-6-8-16(17)20)15-10-13-22(14-11-15)19(24)25-4-2/h6-9,15H,3-5,10-14,20H2,1-2H3,(H,21,26). The molecule has 0 saturated carbocycles. The van der Waals surface area contributed by atoms with Crippen LogP contribution in [0.2, 0.25) is 0 Å². The number of piperidine rings is 1. The lowest BCUT2D eigenvalue weighted by atomic mass is 10.0. The number of thiocarbonyl (C=S) groups is 1. The van der Waals surface area contributed by atoms with Crippen molar-refractivity contribution in [3.63, 3.8) is 0 Å². The van der Waals surface area contributed by atoms with Crippen molar-refractivity contribution in [3.8, 4) is 0 Å². The molecule has 144 valence electrons. The summed E-state index contributed by atoms with van der Waals surface area (Å²) in [7, 11) is 0. The monoisotopic (exact) mass is 378 g/mol. The summed E-state index contributed by atoms with van der Waals surface area (Å²) in [5.41, 5.74) is 7.55. The van der Waals surface area contributed by atoms with Crippen molar-refractivity contribution >= 4 is 34.8 Å². The topological polar surface area (TPSA) is 70.8 Å². The maximum atomic E-state index is 11.9. The maximum Gasteiger partial charge on any atom is 0.409 e. The number of benzene rings is 1. The zero-order chi connectivity index (χ0) is 18.9. The second-order valence-corrected chi connectivity index (χ2v) is 6.87. The second-order valence-electron chi connectivity index (χ2n) is 6.48. The average molecular weight is 379 g/mol. The Kier molecular flexibility index (Phi) is 7.97. The lowest BCUT2D eigenvalue weighted by molar-refractivity contribution is 0.0872. The molecule has 0 aromatic heterocycles. The van der Waals surface area contributed by atoms with E-state index in [9.17, 15) is 4.79 Å². The van der Waals surface area contributed by atoms with Crippen LogP contribution in [0, 0.1) is 0 Å². The molecular weight excluding hydrogens is 348 g/mol. The van der Waals surface area contributed by atoms with Crippen molar-refractivity contribution in [1.29, 1.82) is 0 Å². The molecule has 0 aliphatic carbocycles. The number of nitrogen functional groups attached to an aromatic ring is 1. The van der Waals surface area contributed by atoms with Crippen molar-refractivity contribution in [3.05, 3.63) is 24.3 Å². The van der Waals surface area contributed by atoms with E-state index in [1.165, 1.54) is 0 Å². The highest BCUT2D eigenvalue weighted by atomic mass is 32.1. The maximum absolute atomic E-state index is 11.9. The van der Waals surface area contributed by atoms with Gasteiger partial charge in [-0.15, -0.1) is 0 Å². The third-order valence-electron chi connectivity index (χ3n) is 4.65. The Hall–Kier alpha value is -2.02. The number of nitrogens with two attached hydrogens (primary N) is 1. The lowest BCUT2D eigenvalue weighted by Crippen LogP contribution is -2.50. The summed E-state index contributed by atoms with van der Waals surface area (Å²) < 4.78 is 5.10. The molecule has 26 heavy (non-hydrogen) atoms. The van der Waals surface area contributed by atoms with Crippen molar-refractivity contribution in [2.45, 2.75) is 45.6 Å². The van der Waals surface area contributed by atoms with E-state index in [0.717, 1.165) is 37.9 Å². The molecule has 3 N–H and O–H groups in total. The molecule has 1 saturated heterocycles. The first-order chi connectivity index (χ1) is 12.6. The average Bonchev–Trinajstić information content (AvgIpc) is 2.64. The normalized spacial score (nSPS) is 14.8. The first-order valence-corrected chi connectivity index (χ1v) is 9.81. The molecule has 1 aliphatic heterocycles. The van der Waals surface area contributed by atoms with E-state index >= 15 is 0 Å². The van der Waals surface area contributed by atoms with Crippen LogP contribution >= 0.6 is 12.2 Å². The number of anilines is 2. The molecule has 0 radical (unpaired) electrons. The fourth-order valence-electron chi connectivity index (χ4n) is 3.15. The minimum Gasteiger partial charge on any atom is -0.450 e. The molecule has 7 heteroatoms. The van der Waals surface area contributed by atoms with Gasteiger partial charge in [-0.25, -0.2) is 4.79 Å². The number of carbonyl (C=O) groups excluding carboxylic acids is 1. The number of amides is 1. The smallest absolute Gasteiger partial charge is 0.409 e. The van der Waals surface area contributed by atoms with Crippen LogP contribution in [-0.4, -0.2) is 53.3 Å². The summed E-state index contributed by atoms with van der Waals surface area (Å²) >= 11 is 5.69. The quantitative estimate of drug-likeness (QED) is 0.581. The fraction of sp³-hybridized carbons (Fsp3) is 0.579. The molecule has 0 atom stereocenters. The Morgan fingerprint density at radius 3 is 2.65 bits per heavy atom. The van der Waals surface area contributed by atoms with Gasteiger partial charge in [0, 0.05) is 25.7 Å². The van der Waals surface area contributed by atoms with E-state index in [4.69, 9.17) is 22.7 Å². The zero-order valence-electron chi connectivity index (χ0n) is 15.7. The predicted molar refractivity (Wildman–Crippen MR) is 110 cm³/mol. The molecule has 1 heterocycles. The number of hydrogen-bond acceptors (Lipinski definition) is 4. The third kappa shape index (κ3) is 5.49. The van der Waals surface area contributed by atoms with Crippen molar-refractivity contribution in [1.82, 2.24) is 9.80 Å². The van der Waals surface area contributed by atoms with Crippen molar-refractivity contribution in [2.75, 3.05) is 37.3 Å². The van der Waals surface area contributed by atoms with Gasteiger partial charge in [-0.2, -0.15) is 0 Å². The van der Waals surface area contributed by atoms with E-state index in [0.29, 0.717) is 36.5 Å². The van der Waals surface area contributed by atoms with E-state index in [1.54, 1.807) is 4.90 Å². The Morgan fingerprint density at radius 1 is 1.35 bits per heavy atom. The van der Waals surface area contributed by atoms with Gasteiger partial charge in [0.2, 0.25) is 0 Å². The molecule has 0 unspecified atom stereocenters. The molecular formula is C19H30N4O2S. The van der Waals surface area contributed by atoms with Crippen LogP contribution in [0.15, 0.2) is 24.3 Å². The van der Waals surface area contributed by atoms with Gasteiger partial charge in [0.25, 0.3) is 0 Å². The van der Waals surface area contributed by atoms with Gasteiger partial charge >= 0.3 is 6.09 Å². The molecule has 1 aliphatic rings. The molecule has 6 nitrogen and oxygen atoms in total. The van der Waals surface area contributed by atoms with Gasteiger partial charge in [0.1, 0.15) is 0 Å². The van der Waals surface area contributed by atoms with Crippen LogP contribution in [0.4, 0.5) is 16.2 Å². The number of rotatable bonds is 6. The number of nitrogens with one attached hydrogen (secondary N) is 1. The number of nitrogens with zero attached hydrogens (tertiary/aromatic N) is 2. The highest BCUT2D eigenvalue weighted by molar-refractivity contribution is 7.80. The SMILES string of the molecule is CCCCN(C(=S)Nc1ccccc1N)C1CCN(C(=O)OCC)CC1. The van der Waals surface area contributed by atoms with Crippen molar-refractivity contribution in [2.24, 2.45) is 0 Å². The van der Waals surface area contributed by atoms with E-state index in [2.05, 4.69) is 17.1 Å².